The molecule has 2 aliphatic rings. The molecule has 2 N–H and O–H groups in total. The van der Waals surface area contributed by atoms with Crippen LogP contribution in [-0.4, -0.2) is 47.9 Å². The van der Waals surface area contributed by atoms with E-state index >= 15 is 0 Å². The molecule has 0 aromatic heterocycles. The lowest BCUT2D eigenvalue weighted by molar-refractivity contribution is -0.172. The van der Waals surface area contributed by atoms with Gasteiger partial charge in [0, 0.05) is 25.6 Å². The van der Waals surface area contributed by atoms with Crippen LogP contribution in [0.4, 0.5) is 17.6 Å². The highest BCUT2D eigenvalue weighted by Crippen LogP contribution is 2.30. The van der Waals surface area contributed by atoms with Crippen molar-refractivity contribution in [1.29, 1.82) is 0 Å². The fraction of sp³-hybridized carbons (Fsp3) is 0.571. The maximum Gasteiger partial charge on any atom is 0.408 e. The molecule has 170 valence electrons. The largest absolute Gasteiger partial charge is 0.408 e. The smallest absolute Gasteiger partial charge is 0.352 e. The van der Waals surface area contributed by atoms with Gasteiger partial charge in [-0.1, -0.05) is 12.1 Å². The maximum atomic E-state index is 13.6. The first kappa shape index (κ1) is 23.0. The molecule has 0 radical (unpaired) electrons. The number of alkyl halides is 3. The van der Waals surface area contributed by atoms with Gasteiger partial charge in [0.15, 0.2) is 0 Å². The van der Waals surface area contributed by atoms with Gasteiger partial charge in [0.1, 0.15) is 17.8 Å². The van der Waals surface area contributed by atoms with E-state index in [-0.39, 0.29) is 50.1 Å². The Labute approximate surface area is 177 Å². The van der Waals surface area contributed by atoms with Crippen molar-refractivity contribution in [2.75, 3.05) is 13.1 Å². The minimum atomic E-state index is -4.53. The molecule has 2 atom stereocenters. The minimum Gasteiger partial charge on any atom is -0.352 e. The highest BCUT2D eigenvalue weighted by Gasteiger charge is 2.46. The number of amides is 3. The Morgan fingerprint density at radius 3 is 2.42 bits per heavy atom. The number of likely N-dealkylation sites (tertiary alicyclic amines) is 1. The predicted octanol–water partition coefficient (Wildman–Crippen LogP) is 2.45. The van der Waals surface area contributed by atoms with Gasteiger partial charge in [-0.05, 0) is 49.8 Å². The highest BCUT2D eigenvalue weighted by atomic mass is 19.4. The fourth-order valence-corrected chi connectivity index (χ4v) is 3.95. The van der Waals surface area contributed by atoms with Crippen molar-refractivity contribution in [3.8, 4) is 0 Å². The van der Waals surface area contributed by atoms with Crippen molar-refractivity contribution >= 4 is 17.7 Å². The van der Waals surface area contributed by atoms with Gasteiger partial charge >= 0.3 is 6.18 Å². The van der Waals surface area contributed by atoms with E-state index in [1.165, 1.54) is 11.0 Å². The zero-order chi connectivity index (χ0) is 22.8. The van der Waals surface area contributed by atoms with E-state index in [1.54, 1.807) is 19.1 Å². The van der Waals surface area contributed by atoms with Crippen LogP contribution in [0.1, 0.15) is 36.8 Å². The summed E-state index contributed by atoms with van der Waals surface area (Å²) in [6.07, 6.45) is -4.23. The molecule has 3 rings (SSSR count). The molecule has 6 nitrogen and oxygen atoms in total. The third-order valence-electron chi connectivity index (χ3n) is 5.95. The Hall–Kier alpha value is -2.65. The molecule has 2 saturated heterocycles. The number of hydrogen-bond donors (Lipinski definition) is 2. The Bertz CT molecular complexity index is 851. The lowest BCUT2D eigenvalue weighted by Gasteiger charge is -2.36. The van der Waals surface area contributed by atoms with Crippen LogP contribution in [0.2, 0.25) is 0 Å². The third-order valence-corrected chi connectivity index (χ3v) is 5.95. The maximum absolute atomic E-state index is 13.6. The minimum absolute atomic E-state index is 0.150. The van der Waals surface area contributed by atoms with Crippen LogP contribution in [0.5, 0.6) is 0 Å². The van der Waals surface area contributed by atoms with E-state index < -0.39 is 30.0 Å². The topological polar surface area (TPSA) is 78.5 Å². The molecule has 2 heterocycles. The van der Waals surface area contributed by atoms with Crippen molar-refractivity contribution in [2.24, 2.45) is 11.8 Å². The summed E-state index contributed by atoms with van der Waals surface area (Å²) < 4.78 is 51.9. The molecular formula is C21H25F4N3O3. The first-order valence-electron chi connectivity index (χ1n) is 10.2. The molecule has 2 unspecified atom stereocenters. The molecule has 2 aliphatic heterocycles. The molecule has 10 heteroatoms. The predicted molar refractivity (Wildman–Crippen MR) is 103 cm³/mol. The quantitative estimate of drug-likeness (QED) is 0.554. The summed E-state index contributed by atoms with van der Waals surface area (Å²) in [6.45, 7) is 2.35. The Morgan fingerprint density at radius 2 is 1.84 bits per heavy atom. The molecular weight excluding hydrogens is 418 g/mol. The van der Waals surface area contributed by atoms with E-state index in [2.05, 4.69) is 5.32 Å². The molecule has 0 saturated carbocycles. The monoisotopic (exact) mass is 443 g/mol. The zero-order valence-electron chi connectivity index (χ0n) is 17.1. The van der Waals surface area contributed by atoms with Crippen LogP contribution in [0.3, 0.4) is 0 Å². The molecule has 1 aromatic rings. The van der Waals surface area contributed by atoms with Crippen molar-refractivity contribution in [2.45, 2.75) is 51.4 Å². The van der Waals surface area contributed by atoms with Crippen molar-refractivity contribution in [3.63, 3.8) is 0 Å². The first-order valence-corrected chi connectivity index (χ1v) is 10.2. The van der Waals surface area contributed by atoms with Gasteiger partial charge in [-0.2, -0.15) is 13.2 Å². The summed E-state index contributed by atoms with van der Waals surface area (Å²) >= 11 is 0. The lowest BCUT2D eigenvalue weighted by Crippen LogP contribution is -2.55. The number of hydrogen-bond acceptors (Lipinski definition) is 3. The molecule has 0 aliphatic carbocycles. The van der Waals surface area contributed by atoms with E-state index in [0.717, 1.165) is 0 Å². The fourth-order valence-electron chi connectivity index (χ4n) is 3.95. The summed E-state index contributed by atoms with van der Waals surface area (Å²) in [5.41, 5.74) is 1.16. The number of nitrogens with zero attached hydrogens (tertiary/aromatic N) is 1. The normalized spacial score (nSPS) is 22.7. The number of carbonyl (C=O) groups excluding carboxylic acids is 3. The van der Waals surface area contributed by atoms with Crippen LogP contribution in [-0.2, 0) is 20.9 Å². The zero-order valence-corrected chi connectivity index (χ0v) is 17.1. The molecule has 31 heavy (non-hydrogen) atoms. The number of rotatable bonds is 4. The molecule has 0 bridgehead atoms. The van der Waals surface area contributed by atoms with Gasteiger partial charge in [0.2, 0.25) is 17.7 Å². The summed E-state index contributed by atoms with van der Waals surface area (Å²) in [4.78, 5) is 38.5. The molecule has 1 aromatic carbocycles. The van der Waals surface area contributed by atoms with E-state index in [1.807, 2.05) is 5.32 Å². The number of carbonyl (C=O) groups is 3. The van der Waals surface area contributed by atoms with Crippen LogP contribution in [0, 0.1) is 24.6 Å². The van der Waals surface area contributed by atoms with Crippen molar-refractivity contribution in [3.05, 3.63) is 35.1 Å². The van der Waals surface area contributed by atoms with Crippen molar-refractivity contribution in [1.82, 2.24) is 15.5 Å². The second kappa shape index (κ2) is 9.23. The molecule has 3 amide bonds. The molecule has 2 fully saturated rings. The average molecular weight is 443 g/mol. The lowest BCUT2D eigenvalue weighted by atomic mass is 9.90. The van der Waals surface area contributed by atoms with Gasteiger partial charge in [-0.15, -0.1) is 0 Å². The van der Waals surface area contributed by atoms with Gasteiger partial charge in [0.05, 0.1) is 0 Å². The van der Waals surface area contributed by atoms with Gasteiger partial charge < -0.3 is 15.5 Å². The number of nitrogens with one attached hydrogen (secondary N) is 2. The average Bonchev–Trinajstić information content (AvgIpc) is 2.73. The number of halogens is 4. The van der Waals surface area contributed by atoms with Crippen LogP contribution in [0.25, 0.3) is 0 Å². The Kier molecular flexibility index (Phi) is 6.86. The van der Waals surface area contributed by atoms with E-state index in [9.17, 15) is 31.9 Å². The first-order chi connectivity index (χ1) is 14.6. The molecule has 0 spiro atoms. The number of aryl methyl sites for hydroxylation is 1. The summed E-state index contributed by atoms with van der Waals surface area (Å²) in [5, 5.41) is 4.66. The highest BCUT2D eigenvalue weighted by molar-refractivity contribution is 6.01. The van der Waals surface area contributed by atoms with Crippen LogP contribution in [0.15, 0.2) is 18.2 Å². The van der Waals surface area contributed by atoms with Gasteiger partial charge in [-0.3, -0.25) is 14.4 Å². The van der Waals surface area contributed by atoms with Gasteiger partial charge in [0.25, 0.3) is 0 Å². The van der Waals surface area contributed by atoms with Crippen LogP contribution >= 0.6 is 0 Å². The second-order valence-corrected chi connectivity index (χ2v) is 8.13. The van der Waals surface area contributed by atoms with E-state index in [4.69, 9.17) is 0 Å². The number of piperidine rings is 2. The summed E-state index contributed by atoms with van der Waals surface area (Å²) in [7, 11) is 0. The van der Waals surface area contributed by atoms with Crippen molar-refractivity contribution < 1.29 is 31.9 Å². The van der Waals surface area contributed by atoms with Crippen LogP contribution < -0.4 is 10.6 Å². The standard InChI is InChI=1S/C21H25F4N3O3/c1-12-2-3-13(10-16(12)22)11-26-18(29)14-6-8-28(9-7-14)20(31)15-4-5-17(21(23,24)25)27-19(15)30/h2-3,10,14-15,17H,4-9,11H2,1H3,(H,26,29)(H,27,30). The summed E-state index contributed by atoms with van der Waals surface area (Å²) in [5.74, 6) is -3.38. The Morgan fingerprint density at radius 1 is 1.16 bits per heavy atom. The Balaban J connectivity index is 1.46. The number of benzene rings is 1. The third kappa shape index (κ3) is 5.54. The SMILES string of the molecule is Cc1ccc(CNC(=O)C2CCN(C(=O)C3CCC(C(F)(F)F)NC3=O)CC2)cc1F. The second-order valence-electron chi connectivity index (χ2n) is 8.13. The van der Waals surface area contributed by atoms with E-state index in [0.29, 0.717) is 24.0 Å². The van der Waals surface area contributed by atoms with Gasteiger partial charge in [-0.25, -0.2) is 4.39 Å². The summed E-state index contributed by atoms with van der Waals surface area (Å²) in [6, 6.07) is 2.83.